The lowest BCUT2D eigenvalue weighted by Crippen LogP contribution is -2.08. The number of carbonyl (C=O) groups excluding carboxylic acids is 1. The van der Waals surface area contributed by atoms with Gasteiger partial charge in [-0.05, 0) is 30.3 Å². The summed E-state index contributed by atoms with van der Waals surface area (Å²) >= 11 is 5.81. The van der Waals surface area contributed by atoms with Crippen LogP contribution >= 0.6 is 11.6 Å². The number of rotatable bonds is 5. The molecule has 0 saturated heterocycles. The summed E-state index contributed by atoms with van der Waals surface area (Å²) in [6.45, 7) is -0.300. The molecule has 0 aliphatic rings. The summed E-state index contributed by atoms with van der Waals surface area (Å²) in [5.41, 5.74) is 0.203. The van der Waals surface area contributed by atoms with Crippen LogP contribution < -0.4 is 0 Å². The first-order valence-corrected chi connectivity index (χ1v) is 7.41. The van der Waals surface area contributed by atoms with Crippen molar-refractivity contribution >= 4 is 23.3 Å². The maximum Gasteiger partial charge on any atom is 0.345 e. The quantitative estimate of drug-likeness (QED) is 0.388. The molecule has 0 aliphatic carbocycles. The van der Waals surface area contributed by atoms with Gasteiger partial charge in [0, 0.05) is 16.7 Å². The smallest absolute Gasteiger partial charge is 0.345 e. The molecule has 0 N–H and O–H groups in total. The first kappa shape index (κ1) is 16.6. The number of hydrogen-bond acceptors (Lipinski definition) is 7. The highest BCUT2D eigenvalue weighted by Gasteiger charge is 2.21. The number of benzene rings is 2. The number of esters is 1. The number of aromatic nitrogens is 2. The van der Waals surface area contributed by atoms with Crippen molar-refractivity contribution in [2.75, 3.05) is 0 Å². The Balaban J connectivity index is 1.69. The second-order valence-electron chi connectivity index (χ2n) is 4.87. The van der Waals surface area contributed by atoms with Crippen molar-refractivity contribution in [3.05, 3.63) is 75.1 Å². The molecule has 0 atom stereocenters. The minimum Gasteiger partial charge on any atom is -0.452 e. The van der Waals surface area contributed by atoms with Gasteiger partial charge >= 0.3 is 5.97 Å². The first-order chi connectivity index (χ1) is 12.0. The highest BCUT2D eigenvalue weighted by molar-refractivity contribution is 6.30. The fraction of sp³-hybridized carbons (Fsp3) is 0.0625. The van der Waals surface area contributed by atoms with Gasteiger partial charge in [0.1, 0.15) is 5.56 Å². The molecule has 0 radical (unpaired) electrons. The predicted molar refractivity (Wildman–Crippen MR) is 87.0 cm³/mol. The minimum absolute atomic E-state index is 0.0666. The van der Waals surface area contributed by atoms with Gasteiger partial charge in [-0.2, -0.15) is 4.98 Å². The number of nitro benzene ring substituents is 1. The third kappa shape index (κ3) is 3.81. The lowest BCUT2D eigenvalue weighted by molar-refractivity contribution is -0.385. The van der Waals surface area contributed by atoms with E-state index in [1.165, 1.54) is 24.3 Å². The standard InChI is InChI=1S/C16H10ClN3O5/c17-11-7-5-10(6-8-11)15-18-14(25-19-15)9-24-16(21)12-3-1-2-4-13(12)20(22)23/h1-8H,9H2. The van der Waals surface area contributed by atoms with E-state index in [0.29, 0.717) is 16.4 Å². The van der Waals surface area contributed by atoms with E-state index >= 15 is 0 Å². The molecule has 2 aromatic carbocycles. The Bertz CT molecular complexity index is 924. The Morgan fingerprint density at radius 1 is 1.20 bits per heavy atom. The lowest BCUT2D eigenvalue weighted by atomic mass is 10.2. The second-order valence-corrected chi connectivity index (χ2v) is 5.31. The van der Waals surface area contributed by atoms with E-state index in [1.54, 1.807) is 24.3 Å². The number of para-hydroxylation sites is 1. The van der Waals surface area contributed by atoms with Gasteiger partial charge in [-0.3, -0.25) is 10.1 Å². The number of halogens is 1. The largest absolute Gasteiger partial charge is 0.452 e. The van der Waals surface area contributed by atoms with Crippen LogP contribution in [0, 0.1) is 10.1 Å². The maximum atomic E-state index is 12.0. The van der Waals surface area contributed by atoms with E-state index in [4.69, 9.17) is 20.9 Å². The van der Waals surface area contributed by atoms with Crippen LogP contribution in [0.2, 0.25) is 5.02 Å². The van der Waals surface area contributed by atoms with Crippen molar-refractivity contribution in [1.29, 1.82) is 0 Å². The Morgan fingerprint density at radius 3 is 2.64 bits per heavy atom. The summed E-state index contributed by atoms with van der Waals surface area (Å²) in [6.07, 6.45) is 0. The molecule has 9 heteroatoms. The molecule has 0 saturated carbocycles. The van der Waals surface area contributed by atoms with E-state index in [1.807, 2.05) is 0 Å². The molecule has 3 rings (SSSR count). The number of nitrogens with zero attached hydrogens (tertiary/aromatic N) is 3. The fourth-order valence-electron chi connectivity index (χ4n) is 2.04. The molecule has 0 bridgehead atoms. The van der Waals surface area contributed by atoms with Gasteiger partial charge in [-0.25, -0.2) is 4.79 Å². The molecule has 0 unspecified atom stereocenters. The van der Waals surface area contributed by atoms with Crippen molar-refractivity contribution < 1.29 is 19.0 Å². The molecule has 0 aliphatic heterocycles. The van der Waals surface area contributed by atoms with E-state index < -0.39 is 10.9 Å². The van der Waals surface area contributed by atoms with Crippen molar-refractivity contribution in [1.82, 2.24) is 10.1 Å². The molecular formula is C16H10ClN3O5. The Morgan fingerprint density at radius 2 is 1.92 bits per heavy atom. The number of carbonyl (C=O) groups is 1. The van der Waals surface area contributed by atoms with Crippen LogP contribution in [0.25, 0.3) is 11.4 Å². The van der Waals surface area contributed by atoms with E-state index in [2.05, 4.69) is 10.1 Å². The lowest BCUT2D eigenvalue weighted by Gasteiger charge is -2.02. The molecule has 8 nitrogen and oxygen atoms in total. The molecule has 0 spiro atoms. The van der Waals surface area contributed by atoms with Gasteiger partial charge in [0.05, 0.1) is 4.92 Å². The fourth-order valence-corrected chi connectivity index (χ4v) is 2.17. The van der Waals surface area contributed by atoms with Crippen molar-refractivity contribution in [3.63, 3.8) is 0 Å². The zero-order chi connectivity index (χ0) is 17.8. The van der Waals surface area contributed by atoms with Crippen LogP contribution in [0.15, 0.2) is 53.1 Å². The van der Waals surface area contributed by atoms with Crippen LogP contribution in [0.4, 0.5) is 5.69 Å². The number of nitro groups is 1. The highest BCUT2D eigenvalue weighted by atomic mass is 35.5. The van der Waals surface area contributed by atoms with Gasteiger partial charge in [-0.15, -0.1) is 0 Å². The average molecular weight is 360 g/mol. The van der Waals surface area contributed by atoms with Gasteiger partial charge in [-0.1, -0.05) is 28.9 Å². The summed E-state index contributed by atoms with van der Waals surface area (Å²) in [5.74, 6) is -0.469. The molecule has 25 heavy (non-hydrogen) atoms. The Hall–Kier alpha value is -3.26. The summed E-state index contributed by atoms with van der Waals surface area (Å²) in [6, 6.07) is 12.3. The summed E-state index contributed by atoms with van der Waals surface area (Å²) in [5, 5.41) is 15.3. The third-order valence-corrected chi connectivity index (χ3v) is 3.47. The number of ether oxygens (including phenoxy) is 1. The van der Waals surface area contributed by atoms with Gasteiger partial charge in [0.15, 0.2) is 6.61 Å². The zero-order valence-corrected chi connectivity index (χ0v) is 13.3. The van der Waals surface area contributed by atoms with Gasteiger partial charge < -0.3 is 9.26 Å². The topological polar surface area (TPSA) is 108 Å². The van der Waals surface area contributed by atoms with Crippen molar-refractivity contribution in [3.8, 4) is 11.4 Å². The summed E-state index contributed by atoms with van der Waals surface area (Å²) in [4.78, 5) is 26.4. The van der Waals surface area contributed by atoms with E-state index in [9.17, 15) is 14.9 Å². The van der Waals surface area contributed by atoms with Crippen LogP contribution in [-0.2, 0) is 11.3 Å². The van der Waals surface area contributed by atoms with Crippen LogP contribution in [0.5, 0.6) is 0 Å². The summed E-state index contributed by atoms with van der Waals surface area (Å²) in [7, 11) is 0. The molecule has 0 fully saturated rings. The second kappa shape index (κ2) is 7.10. The maximum absolute atomic E-state index is 12.0. The molecular weight excluding hydrogens is 350 g/mol. The van der Waals surface area contributed by atoms with Crippen molar-refractivity contribution in [2.24, 2.45) is 0 Å². The highest BCUT2D eigenvalue weighted by Crippen LogP contribution is 2.21. The molecule has 126 valence electrons. The van der Waals surface area contributed by atoms with Crippen molar-refractivity contribution in [2.45, 2.75) is 6.61 Å². The first-order valence-electron chi connectivity index (χ1n) is 7.03. The molecule has 1 aromatic heterocycles. The van der Waals surface area contributed by atoms with E-state index in [0.717, 1.165) is 0 Å². The number of hydrogen-bond donors (Lipinski definition) is 0. The molecule has 3 aromatic rings. The van der Waals surface area contributed by atoms with Crippen LogP contribution in [0.3, 0.4) is 0 Å². The minimum atomic E-state index is -0.849. The summed E-state index contributed by atoms with van der Waals surface area (Å²) < 4.78 is 10.0. The Kier molecular flexibility index (Phi) is 4.71. The Labute approximate surface area is 146 Å². The molecule has 1 heterocycles. The zero-order valence-electron chi connectivity index (χ0n) is 12.6. The normalized spacial score (nSPS) is 10.4. The van der Waals surface area contributed by atoms with E-state index in [-0.39, 0.29) is 23.7 Å². The predicted octanol–water partition coefficient (Wildman–Crippen LogP) is 3.66. The third-order valence-electron chi connectivity index (χ3n) is 3.22. The molecule has 0 amide bonds. The SMILES string of the molecule is O=C(OCc1nc(-c2ccc(Cl)cc2)no1)c1ccccc1[N+](=O)[O-]. The van der Waals surface area contributed by atoms with Gasteiger partial charge in [0.2, 0.25) is 5.82 Å². The monoisotopic (exact) mass is 359 g/mol. The van der Waals surface area contributed by atoms with Crippen LogP contribution in [-0.4, -0.2) is 21.0 Å². The van der Waals surface area contributed by atoms with Gasteiger partial charge in [0.25, 0.3) is 11.6 Å². The average Bonchev–Trinajstić information content (AvgIpc) is 3.09. The van der Waals surface area contributed by atoms with Crippen LogP contribution in [0.1, 0.15) is 16.2 Å².